The van der Waals surface area contributed by atoms with Gasteiger partial charge in [0.2, 0.25) is 0 Å². The van der Waals surface area contributed by atoms with Crippen molar-refractivity contribution in [1.29, 1.82) is 0 Å². The molecule has 0 radical (unpaired) electrons. The first kappa shape index (κ1) is 23.7. The third kappa shape index (κ3) is 7.01. The third-order valence-corrected chi connectivity index (χ3v) is 5.73. The van der Waals surface area contributed by atoms with Gasteiger partial charge in [0, 0.05) is 24.8 Å². The molecule has 0 unspecified atom stereocenters. The Morgan fingerprint density at radius 1 is 0.441 bits per heavy atom. The number of hydrogen-bond donors (Lipinski definition) is 2. The number of rotatable bonds is 13. The summed E-state index contributed by atoms with van der Waals surface area (Å²) in [6, 6.07) is 24.1. The Labute approximate surface area is 202 Å². The van der Waals surface area contributed by atoms with Crippen molar-refractivity contribution in [2.24, 2.45) is 0 Å². The van der Waals surface area contributed by atoms with Crippen molar-refractivity contribution >= 4 is 0 Å². The Kier molecular flexibility index (Phi) is 9.25. The lowest BCUT2D eigenvalue weighted by atomic mass is 10.1. The highest BCUT2D eigenvalue weighted by atomic mass is 15.0. The Balaban J connectivity index is 1.21. The third-order valence-electron chi connectivity index (χ3n) is 5.73. The van der Waals surface area contributed by atoms with E-state index < -0.39 is 0 Å². The highest BCUT2D eigenvalue weighted by Gasteiger charge is 2.16. The predicted octanol–water partition coefficient (Wildman–Crippen LogP) is 4.89. The van der Waals surface area contributed by atoms with Crippen molar-refractivity contribution in [3.63, 3.8) is 0 Å². The van der Waals surface area contributed by atoms with Crippen molar-refractivity contribution in [3.05, 3.63) is 120 Å². The minimum Gasteiger partial charge on any atom is -0.304 e. The van der Waals surface area contributed by atoms with E-state index in [0.29, 0.717) is 0 Å². The Bertz CT molecular complexity index is 893. The first-order valence-electron chi connectivity index (χ1n) is 12.0. The maximum Gasteiger partial charge on any atom is 0.0925 e. The molecule has 4 aromatic rings. The molecule has 0 fully saturated rings. The molecule has 4 aromatic heterocycles. The molecule has 0 spiro atoms. The zero-order chi connectivity index (χ0) is 23.3. The summed E-state index contributed by atoms with van der Waals surface area (Å²) in [7, 11) is 0. The van der Waals surface area contributed by atoms with Crippen LogP contribution in [0.3, 0.4) is 0 Å². The minimum atomic E-state index is 0.0153. The van der Waals surface area contributed by atoms with Gasteiger partial charge in [0.1, 0.15) is 0 Å². The summed E-state index contributed by atoms with van der Waals surface area (Å²) in [5.74, 6) is 0. The van der Waals surface area contributed by atoms with Gasteiger partial charge >= 0.3 is 0 Å². The van der Waals surface area contributed by atoms with Crippen molar-refractivity contribution in [3.8, 4) is 0 Å². The molecule has 2 N–H and O–H groups in total. The van der Waals surface area contributed by atoms with E-state index >= 15 is 0 Å². The molecular formula is C28H32N6. The maximum absolute atomic E-state index is 4.54. The SMILES string of the molecule is c1ccc(C(NCCCCCCNC(c2ccccn2)c2ccccn2)c2ccccn2)nc1. The van der Waals surface area contributed by atoms with E-state index in [4.69, 9.17) is 0 Å². The second-order valence-corrected chi connectivity index (χ2v) is 8.21. The summed E-state index contributed by atoms with van der Waals surface area (Å²) in [6.45, 7) is 1.85. The minimum absolute atomic E-state index is 0.0153. The maximum atomic E-state index is 4.54. The smallest absolute Gasteiger partial charge is 0.0925 e. The van der Waals surface area contributed by atoms with E-state index in [1.807, 2.05) is 73.3 Å². The summed E-state index contributed by atoms with van der Waals surface area (Å²) < 4.78 is 0. The lowest BCUT2D eigenvalue weighted by Gasteiger charge is -2.18. The van der Waals surface area contributed by atoms with Gasteiger partial charge in [-0.3, -0.25) is 19.9 Å². The molecule has 0 saturated heterocycles. The fraction of sp³-hybridized carbons (Fsp3) is 0.286. The van der Waals surface area contributed by atoms with Gasteiger partial charge in [-0.05, 0) is 74.5 Å². The fourth-order valence-corrected chi connectivity index (χ4v) is 4.00. The van der Waals surface area contributed by atoms with Crippen molar-refractivity contribution in [2.45, 2.75) is 37.8 Å². The standard InChI is InChI=1S/C28H32N6/c1(7-21-33-27(23-13-3-9-17-29-23)24-14-4-10-18-30-24)2-8-22-34-28(25-15-5-11-19-31-25)26-16-6-12-20-32-26/h3-6,9-20,27-28,33-34H,1-2,7-8,21-22H2. The topological polar surface area (TPSA) is 75.6 Å². The van der Waals surface area contributed by atoms with E-state index in [9.17, 15) is 0 Å². The highest BCUT2D eigenvalue weighted by molar-refractivity contribution is 5.22. The largest absolute Gasteiger partial charge is 0.304 e. The van der Waals surface area contributed by atoms with Crippen LogP contribution < -0.4 is 10.6 Å². The monoisotopic (exact) mass is 452 g/mol. The van der Waals surface area contributed by atoms with Gasteiger partial charge in [-0.15, -0.1) is 0 Å². The molecule has 4 rings (SSSR count). The molecule has 34 heavy (non-hydrogen) atoms. The van der Waals surface area contributed by atoms with Crippen LogP contribution in [0.4, 0.5) is 0 Å². The van der Waals surface area contributed by atoms with E-state index in [1.54, 1.807) is 0 Å². The van der Waals surface area contributed by atoms with Crippen LogP contribution in [0.1, 0.15) is 60.5 Å². The van der Waals surface area contributed by atoms with E-state index in [1.165, 1.54) is 12.8 Å². The lowest BCUT2D eigenvalue weighted by Crippen LogP contribution is -2.26. The average molecular weight is 453 g/mol. The molecule has 0 saturated carbocycles. The molecule has 6 nitrogen and oxygen atoms in total. The van der Waals surface area contributed by atoms with Gasteiger partial charge in [-0.2, -0.15) is 0 Å². The van der Waals surface area contributed by atoms with Crippen LogP contribution in [0.15, 0.2) is 97.6 Å². The number of aromatic nitrogens is 4. The Morgan fingerprint density at radius 2 is 0.765 bits per heavy atom. The van der Waals surface area contributed by atoms with Crippen molar-refractivity contribution in [2.75, 3.05) is 13.1 Å². The summed E-state index contributed by atoms with van der Waals surface area (Å²) in [5.41, 5.74) is 4.00. The second kappa shape index (κ2) is 13.3. The predicted molar refractivity (Wildman–Crippen MR) is 135 cm³/mol. The number of unbranched alkanes of at least 4 members (excludes halogenated alkanes) is 3. The van der Waals surface area contributed by atoms with Crippen LogP contribution in [0.2, 0.25) is 0 Å². The van der Waals surface area contributed by atoms with E-state index in [0.717, 1.165) is 48.7 Å². The number of pyridine rings is 4. The van der Waals surface area contributed by atoms with Gasteiger partial charge in [0.25, 0.3) is 0 Å². The molecular weight excluding hydrogens is 420 g/mol. The van der Waals surface area contributed by atoms with Gasteiger partial charge in [0.15, 0.2) is 0 Å². The van der Waals surface area contributed by atoms with Crippen LogP contribution >= 0.6 is 0 Å². The summed E-state index contributed by atoms with van der Waals surface area (Å²) >= 11 is 0. The summed E-state index contributed by atoms with van der Waals surface area (Å²) in [5, 5.41) is 7.29. The number of hydrogen-bond acceptors (Lipinski definition) is 6. The zero-order valence-electron chi connectivity index (χ0n) is 19.4. The first-order chi connectivity index (χ1) is 16.9. The molecule has 4 heterocycles. The lowest BCUT2D eigenvalue weighted by molar-refractivity contribution is 0.513. The van der Waals surface area contributed by atoms with Crippen LogP contribution in [-0.2, 0) is 0 Å². The molecule has 0 aromatic carbocycles. The quantitative estimate of drug-likeness (QED) is 0.282. The number of nitrogens with one attached hydrogen (secondary N) is 2. The van der Waals surface area contributed by atoms with Crippen LogP contribution in [0.5, 0.6) is 0 Å². The molecule has 0 aliphatic heterocycles. The summed E-state index contributed by atoms with van der Waals surface area (Å²) in [6.07, 6.45) is 11.9. The fourth-order valence-electron chi connectivity index (χ4n) is 4.00. The molecule has 0 amide bonds. The number of nitrogens with zero attached hydrogens (tertiary/aromatic N) is 4. The molecule has 0 aliphatic rings. The second-order valence-electron chi connectivity index (χ2n) is 8.21. The average Bonchev–Trinajstić information content (AvgIpc) is 2.92. The highest BCUT2D eigenvalue weighted by Crippen LogP contribution is 2.19. The van der Waals surface area contributed by atoms with Crippen molar-refractivity contribution in [1.82, 2.24) is 30.6 Å². The molecule has 0 bridgehead atoms. The normalized spacial score (nSPS) is 11.2. The van der Waals surface area contributed by atoms with E-state index in [-0.39, 0.29) is 12.1 Å². The van der Waals surface area contributed by atoms with E-state index in [2.05, 4.69) is 54.8 Å². The molecule has 174 valence electrons. The molecule has 0 atom stereocenters. The van der Waals surface area contributed by atoms with Gasteiger partial charge in [0.05, 0.1) is 34.9 Å². The Morgan fingerprint density at radius 3 is 1.03 bits per heavy atom. The summed E-state index contributed by atoms with van der Waals surface area (Å²) in [4.78, 5) is 18.2. The Hall–Kier alpha value is -3.48. The first-order valence-corrected chi connectivity index (χ1v) is 12.0. The van der Waals surface area contributed by atoms with Crippen LogP contribution in [0.25, 0.3) is 0 Å². The van der Waals surface area contributed by atoms with Gasteiger partial charge in [-0.25, -0.2) is 0 Å². The molecule has 0 aliphatic carbocycles. The van der Waals surface area contributed by atoms with Gasteiger partial charge in [-0.1, -0.05) is 37.1 Å². The molecule has 6 heteroatoms. The van der Waals surface area contributed by atoms with Crippen LogP contribution in [0, 0.1) is 0 Å². The van der Waals surface area contributed by atoms with Crippen LogP contribution in [-0.4, -0.2) is 33.0 Å². The van der Waals surface area contributed by atoms with Gasteiger partial charge < -0.3 is 10.6 Å². The van der Waals surface area contributed by atoms with Crippen molar-refractivity contribution < 1.29 is 0 Å². The zero-order valence-corrected chi connectivity index (χ0v) is 19.4.